The van der Waals surface area contributed by atoms with Crippen LogP contribution in [0, 0.1) is 5.82 Å². The molecule has 0 bridgehead atoms. The summed E-state index contributed by atoms with van der Waals surface area (Å²) < 4.78 is 44.5. The fourth-order valence-corrected chi connectivity index (χ4v) is 4.50. The fourth-order valence-electron chi connectivity index (χ4n) is 2.94. The van der Waals surface area contributed by atoms with Gasteiger partial charge in [-0.3, -0.25) is 4.79 Å². The number of nitrogen functional groups attached to an aromatic ring is 1. The van der Waals surface area contributed by atoms with Crippen LogP contribution in [0.1, 0.15) is 23.2 Å². The molecular weight excluding hydrogens is 401 g/mol. The third-order valence-electron chi connectivity index (χ3n) is 4.39. The molecule has 10 heteroatoms. The van der Waals surface area contributed by atoms with Gasteiger partial charge in [-0.2, -0.15) is 4.31 Å². The average Bonchev–Trinajstić information content (AvgIpc) is 3.22. The van der Waals surface area contributed by atoms with Crippen LogP contribution in [0.5, 0.6) is 0 Å². The van der Waals surface area contributed by atoms with Gasteiger partial charge in [0.15, 0.2) is 6.61 Å². The molecule has 29 heavy (non-hydrogen) atoms. The molecule has 3 rings (SSSR count). The number of nitrogens with one attached hydrogen (secondary N) is 1. The predicted molar refractivity (Wildman–Crippen MR) is 104 cm³/mol. The third-order valence-corrected chi connectivity index (χ3v) is 6.28. The molecule has 154 valence electrons. The second-order valence-electron chi connectivity index (χ2n) is 6.49. The largest absolute Gasteiger partial charge is 0.452 e. The number of esters is 1. The van der Waals surface area contributed by atoms with Crippen LogP contribution in [-0.4, -0.2) is 44.3 Å². The summed E-state index contributed by atoms with van der Waals surface area (Å²) in [6.45, 7) is 0.335. The smallest absolute Gasteiger partial charge is 0.340 e. The van der Waals surface area contributed by atoms with Gasteiger partial charge < -0.3 is 15.8 Å². The molecule has 1 aliphatic heterocycles. The molecule has 1 heterocycles. The Balaban J connectivity index is 1.61. The number of halogens is 1. The molecule has 1 saturated heterocycles. The lowest BCUT2D eigenvalue weighted by atomic mass is 10.2. The molecule has 0 atom stereocenters. The third kappa shape index (κ3) is 4.90. The maximum Gasteiger partial charge on any atom is 0.340 e. The van der Waals surface area contributed by atoms with E-state index >= 15 is 0 Å². The lowest BCUT2D eigenvalue weighted by Gasteiger charge is -2.16. The number of amides is 1. The molecule has 1 amide bonds. The summed E-state index contributed by atoms with van der Waals surface area (Å²) in [6, 6.07) is 9.05. The van der Waals surface area contributed by atoms with E-state index in [0.29, 0.717) is 13.1 Å². The Labute approximate surface area is 167 Å². The van der Waals surface area contributed by atoms with Crippen molar-refractivity contribution in [2.45, 2.75) is 17.7 Å². The van der Waals surface area contributed by atoms with Crippen LogP contribution >= 0.6 is 0 Å². The predicted octanol–water partition coefficient (Wildman–Crippen LogP) is 1.99. The van der Waals surface area contributed by atoms with Gasteiger partial charge in [-0.15, -0.1) is 0 Å². The van der Waals surface area contributed by atoms with E-state index in [9.17, 15) is 22.4 Å². The fraction of sp³-hybridized carbons (Fsp3) is 0.263. The topological polar surface area (TPSA) is 119 Å². The van der Waals surface area contributed by atoms with Crippen molar-refractivity contribution in [1.29, 1.82) is 0 Å². The number of hydrogen-bond donors (Lipinski definition) is 2. The van der Waals surface area contributed by atoms with E-state index in [1.165, 1.54) is 28.6 Å². The summed E-state index contributed by atoms with van der Waals surface area (Å²) in [6.07, 6.45) is 1.64. The number of hydrogen-bond acceptors (Lipinski definition) is 6. The Morgan fingerprint density at radius 2 is 1.86 bits per heavy atom. The van der Waals surface area contributed by atoms with Gasteiger partial charge in [-0.25, -0.2) is 17.6 Å². The number of benzene rings is 2. The van der Waals surface area contributed by atoms with Crippen LogP contribution in [0.4, 0.5) is 15.8 Å². The van der Waals surface area contributed by atoms with Crippen LogP contribution in [0.25, 0.3) is 0 Å². The monoisotopic (exact) mass is 421 g/mol. The van der Waals surface area contributed by atoms with E-state index in [2.05, 4.69) is 5.32 Å². The van der Waals surface area contributed by atoms with E-state index in [1.54, 1.807) is 0 Å². The van der Waals surface area contributed by atoms with E-state index in [1.807, 2.05) is 0 Å². The van der Waals surface area contributed by atoms with Crippen LogP contribution in [0.15, 0.2) is 47.4 Å². The minimum absolute atomic E-state index is 0.0575. The lowest BCUT2D eigenvalue weighted by Crippen LogP contribution is -2.28. The standard InChI is InChI=1S/C19H20FN3O5S/c20-13-6-7-16(17(21)10-13)19(25)28-12-18(24)22-14-4-3-5-15(11-14)29(26,27)23-8-1-2-9-23/h3-7,10-11H,1-2,8-9,12,21H2,(H,22,24). The summed E-state index contributed by atoms with van der Waals surface area (Å²) >= 11 is 0. The number of carbonyl (C=O) groups is 2. The quantitative estimate of drug-likeness (QED) is 0.544. The Morgan fingerprint density at radius 1 is 1.14 bits per heavy atom. The first-order valence-corrected chi connectivity index (χ1v) is 10.3. The van der Waals surface area contributed by atoms with Crippen molar-refractivity contribution in [2.75, 3.05) is 30.7 Å². The molecule has 3 N–H and O–H groups in total. The van der Waals surface area contributed by atoms with Crippen molar-refractivity contribution in [1.82, 2.24) is 4.31 Å². The normalized spacial score (nSPS) is 14.5. The van der Waals surface area contributed by atoms with E-state index in [-0.39, 0.29) is 21.8 Å². The van der Waals surface area contributed by atoms with Gasteiger partial charge >= 0.3 is 5.97 Å². The molecule has 0 aromatic heterocycles. The van der Waals surface area contributed by atoms with Gasteiger partial charge in [-0.1, -0.05) is 6.07 Å². The summed E-state index contributed by atoms with van der Waals surface area (Å²) in [4.78, 5) is 24.1. The van der Waals surface area contributed by atoms with Gasteiger partial charge in [0.1, 0.15) is 5.82 Å². The van der Waals surface area contributed by atoms with Crippen molar-refractivity contribution >= 4 is 33.3 Å². The first-order valence-electron chi connectivity index (χ1n) is 8.89. The van der Waals surface area contributed by atoms with Crippen molar-refractivity contribution in [3.63, 3.8) is 0 Å². The molecule has 0 aliphatic carbocycles. The maximum absolute atomic E-state index is 13.0. The van der Waals surface area contributed by atoms with E-state index in [0.717, 1.165) is 31.0 Å². The number of nitrogens with zero attached hydrogens (tertiary/aromatic N) is 1. The van der Waals surface area contributed by atoms with Crippen molar-refractivity contribution in [3.8, 4) is 0 Å². The van der Waals surface area contributed by atoms with Gasteiger partial charge in [0.25, 0.3) is 5.91 Å². The molecule has 0 saturated carbocycles. The Kier molecular flexibility index (Phi) is 6.14. The number of sulfonamides is 1. The number of rotatable bonds is 6. The zero-order valence-electron chi connectivity index (χ0n) is 15.4. The van der Waals surface area contributed by atoms with Gasteiger partial charge in [0.2, 0.25) is 10.0 Å². The second-order valence-corrected chi connectivity index (χ2v) is 8.43. The highest BCUT2D eigenvalue weighted by Gasteiger charge is 2.27. The highest BCUT2D eigenvalue weighted by Crippen LogP contribution is 2.23. The molecule has 1 aliphatic rings. The summed E-state index contributed by atoms with van der Waals surface area (Å²) in [5.74, 6) is -2.13. The molecular formula is C19H20FN3O5S. The highest BCUT2D eigenvalue weighted by molar-refractivity contribution is 7.89. The van der Waals surface area contributed by atoms with Crippen molar-refractivity contribution in [2.24, 2.45) is 0 Å². The molecule has 1 fully saturated rings. The highest BCUT2D eigenvalue weighted by atomic mass is 32.2. The lowest BCUT2D eigenvalue weighted by molar-refractivity contribution is -0.119. The number of carbonyl (C=O) groups excluding carboxylic acids is 2. The van der Waals surface area contributed by atoms with Crippen LogP contribution in [-0.2, 0) is 19.6 Å². The first kappa shape index (κ1) is 20.7. The Bertz CT molecular complexity index is 1040. The van der Waals surface area contributed by atoms with E-state index < -0.39 is 34.3 Å². The SMILES string of the molecule is Nc1cc(F)ccc1C(=O)OCC(=O)Nc1cccc(S(=O)(=O)N2CCCC2)c1. The average molecular weight is 421 g/mol. The molecule has 0 unspecified atom stereocenters. The second kappa shape index (κ2) is 8.58. The van der Waals surface area contributed by atoms with Crippen LogP contribution in [0.3, 0.4) is 0 Å². The minimum atomic E-state index is -3.61. The summed E-state index contributed by atoms with van der Waals surface area (Å²) in [5, 5.41) is 2.49. The molecule has 8 nitrogen and oxygen atoms in total. The Morgan fingerprint density at radius 3 is 2.55 bits per heavy atom. The number of ether oxygens (including phenoxy) is 1. The molecule has 2 aromatic rings. The molecule has 0 radical (unpaired) electrons. The Hall–Kier alpha value is -2.98. The molecule has 2 aromatic carbocycles. The maximum atomic E-state index is 13.0. The summed E-state index contributed by atoms with van der Waals surface area (Å²) in [7, 11) is -3.61. The van der Waals surface area contributed by atoms with Gasteiger partial charge in [0.05, 0.1) is 10.5 Å². The van der Waals surface area contributed by atoms with Gasteiger partial charge in [-0.05, 0) is 49.2 Å². The molecule has 0 spiro atoms. The van der Waals surface area contributed by atoms with Crippen molar-refractivity contribution < 1.29 is 27.1 Å². The van der Waals surface area contributed by atoms with Gasteiger partial charge in [0, 0.05) is 24.5 Å². The minimum Gasteiger partial charge on any atom is -0.452 e. The first-order chi connectivity index (χ1) is 13.8. The zero-order valence-corrected chi connectivity index (χ0v) is 16.2. The number of nitrogens with two attached hydrogens (primary N) is 1. The number of anilines is 2. The van der Waals surface area contributed by atoms with E-state index in [4.69, 9.17) is 10.5 Å². The zero-order chi connectivity index (χ0) is 21.0. The summed E-state index contributed by atoms with van der Waals surface area (Å²) in [5.41, 5.74) is 5.66. The van der Waals surface area contributed by atoms with Crippen LogP contribution in [0.2, 0.25) is 0 Å². The van der Waals surface area contributed by atoms with Crippen molar-refractivity contribution in [3.05, 3.63) is 53.8 Å². The van der Waals surface area contributed by atoms with Crippen LogP contribution < -0.4 is 11.1 Å².